The number of H-pyrrole nitrogens is 1. The molecule has 8 heteroatoms. The van der Waals surface area contributed by atoms with Crippen LogP contribution in [0.15, 0.2) is 48.5 Å². The third-order valence-corrected chi connectivity index (χ3v) is 8.25. The first-order chi connectivity index (χ1) is 19.8. The summed E-state index contributed by atoms with van der Waals surface area (Å²) in [4.78, 5) is 0. The summed E-state index contributed by atoms with van der Waals surface area (Å²) in [7, 11) is 0. The number of hydrogen-bond donors (Lipinski definition) is 1. The lowest BCUT2D eigenvalue weighted by molar-refractivity contribution is -0.141. The van der Waals surface area contributed by atoms with Crippen LogP contribution in [0.1, 0.15) is 65.4 Å². The van der Waals surface area contributed by atoms with Gasteiger partial charge in [-0.25, -0.2) is 0 Å². The predicted molar refractivity (Wildman–Crippen MR) is 156 cm³/mol. The molecule has 0 bridgehead atoms. The smallest absolute Gasteiger partial charge is 0.175 e. The third kappa shape index (κ3) is 5.99. The maximum absolute atomic E-state index is 6.32. The van der Waals surface area contributed by atoms with E-state index in [9.17, 15) is 0 Å². The number of ether oxygens (including phenoxy) is 4. The molecule has 8 nitrogen and oxygen atoms in total. The van der Waals surface area contributed by atoms with E-state index < -0.39 is 5.79 Å². The number of aryl methyl sites for hydroxylation is 3. The summed E-state index contributed by atoms with van der Waals surface area (Å²) in [5, 5.41) is 14.5. The molecule has 4 aromatic rings. The molecule has 3 aromatic carbocycles. The van der Waals surface area contributed by atoms with Crippen LogP contribution in [0.2, 0.25) is 0 Å². The maximum Gasteiger partial charge on any atom is 0.175 e. The Labute approximate surface area is 241 Å². The molecule has 0 radical (unpaired) electrons. The average molecular weight is 555 g/mol. The SMILES string of the molecule is Cc1cc(OC[C@H]2COC(C)(C)O2)cc(C)c1-c1cccc(COc2ccc3c(c2)CCC3Cc2nn[nH]n2)c1C. The van der Waals surface area contributed by atoms with Crippen LogP contribution in [-0.2, 0) is 28.9 Å². The number of aromatic nitrogens is 4. The largest absolute Gasteiger partial charge is 0.491 e. The number of aromatic amines is 1. The quantitative estimate of drug-likeness (QED) is 0.264. The van der Waals surface area contributed by atoms with E-state index in [1.807, 2.05) is 13.8 Å². The molecule has 2 atom stereocenters. The zero-order valence-electron chi connectivity index (χ0n) is 24.5. The van der Waals surface area contributed by atoms with Gasteiger partial charge < -0.3 is 18.9 Å². The summed E-state index contributed by atoms with van der Waals surface area (Å²) in [6.45, 7) is 11.9. The standard InChI is InChI=1S/C33H38N4O4/c1-20-13-27(39-18-28-19-40-33(4,5)41-28)14-21(2)32(20)29-8-6-7-25(22(29)3)17-38-26-11-12-30-23(15-26)9-10-24(30)16-31-34-36-37-35-31/h6-8,11-15,24,28H,9-10,16-19H2,1-5H3,(H,34,35,36,37)/t24?,28-/m0/s1. The van der Waals surface area contributed by atoms with E-state index in [-0.39, 0.29) is 6.10 Å². The normalized spacial score (nSPS) is 19.3. The second-order valence-corrected chi connectivity index (χ2v) is 11.7. The first-order valence-electron chi connectivity index (χ1n) is 14.4. The Hall–Kier alpha value is -3.75. The van der Waals surface area contributed by atoms with Gasteiger partial charge in [0, 0.05) is 6.42 Å². The molecule has 0 saturated carbocycles. The zero-order valence-corrected chi connectivity index (χ0v) is 24.5. The van der Waals surface area contributed by atoms with E-state index in [0.29, 0.717) is 25.7 Å². The zero-order chi connectivity index (χ0) is 28.6. The molecule has 0 amide bonds. The lowest BCUT2D eigenvalue weighted by Crippen LogP contribution is -2.25. The number of hydrogen-bond acceptors (Lipinski definition) is 7. The Kier molecular flexibility index (Phi) is 7.53. The highest BCUT2D eigenvalue weighted by atomic mass is 16.7. The molecule has 1 saturated heterocycles. The molecule has 41 heavy (non-hydrogen) atoms. The van der Waals surface area contributed by atoms with Crippen molar-refractivity contribution in [2.45, 2.75) is 78.3 Å². The number of tetrazole rings is 1. The van der Waals surface area contributed by atoms with Gasteiger partial charge in [0.2, 0.25) is 0 Å². The van der Waals surface area contributed by atoms with Crippen molar-refractivity contribution in [3.05, 3.63) is 87.7 Å². The van der Waals surface area contributed by atoms with Crippen LogP contribution in [0, 0.1) is 20.8 Å². The van der Waals surface area contributed by atoms with Gasteiger partial charge in [-0.05, 0) is 122 Å². The molecule has 2 aliphatic rings. The summed E-state index contributed by atoms with van der Waals surface area (Å²) in [5.41, 5.74) is 9.95. The van der Waals surface area contributed by atoms with E-state index in [4.69, 9.17) is 18.9 Å². The molecule has 214 valence electrons. The number of nitrogens with zero attached hydrogens (tertiary/aromatic N) is 3. The van der Waals surface area contributed by atoms with Crippen LogP contribution in [0.4, 0.5) is 0 Å². The maximum atomic E-state index is 6.32. The molecular formula is C33H38N4O4. The number of rotatable bonds is 9. The first-order valence-corrected chi connectivity index (χ1v) is 14.4. The topological polar surface area (TPSA) is 91.4 Å². The van der Waals surface area contributed by atoms with Gasteiger partial charge >= 0.3 is 0 Å². The first kappa shape index (κ1) is 27.4. The molecule has 1 aliphatic heterocycles. The van der Waals surface area contributed by atoms with E-state index in [2.05, 4.69) is 89.9 Å². The van der Waals surface area contributed by atoms with Crippen LogP contribution in [-0.4, -0.2) is 45.7 Å². The van der Waals surface area contributed by atoms with Gasteiger partial charge in [0.15, 0.2) is 11.6 Å². The lowest BCUT2D eigenvalue weighted by Gasteiger charge is -2.19. The van der Waals surface area contributed by atoms with Gasteiger partial charge in [-0.3, -0.25) is 0 Å². The van der Waals surface area contributed by atoms with Crippen LogP contribution < -0.4 is 9.47 Å². The van der Waals surface area contributed by atoms with E-state index >= 15 is 0 Å². The van der Waals surface area contributed by atoms with Crippen molar-refractivity contribution < 1.29 is 18.9 Å². The van der Waals surface area contributed by atoms with E-state index in [0.717, 1.165) is 36.6 Å². The fraction of sp³-hybridized carbons (Fsp3) is 0.424. The van der Waals surface area contributed by atoms with Crippen LogP contribution in [0.3, 0.4) is 0 Å². The molecule has 1 aliphatic carbocycles. The monoisotopic (exact) mass is 554 g/mol. The molecule has 1 aromatic heterocycles. The molecule has 1 unspecified atom stereocenters. The Bertz CT molecular complexity index is 1510. The summed E-state index contributed by atoms with van der Waals surface area (Å²) >= 11 is 0. The van der Waals surface area contributed by atoms with Crippen molar-refractivity contribution in [3.8, 4) is 22.6 Å². The van der Waals surface area contributed by atoms with Crippen molar-refractivity contribution >= 4 is 0 Å². The van der Waals surface area contributed by atoms with Gasteiger partial charge in [0.05, 0.1) is 6.61 Å². The van der Waals surface area contributed by atoms with Gasteiger partial charge in [-0.15, -0.1) is 10.2 Å². The van der Waals surface area contributed by atoms with E-state index in [1.54, 1.807) is 0 Å². The molecule has 0 spiro atoms. The number of benzene rings is 3. The van der Waals surface area contributed by atoms with E-state index in [1.165, 1.54) is 44.5 Å². The molecule has 6 rings (SSSR count). The predicted octanol–water partition coefficient (Wildman–Crippen LogP) is 6.17. The molecular weight excluding hydrogens is 516 g/mol. The van der Waals surface area contributed by atoms with Gasteiger partial charge in [-0.2, -0.15) is 5.21 Å². The minimum Gasteiger partial charge on any atom is -0.491 e. The number of fused-ring (bicyclic) bond motifs is 1. The summed E-state index contributed by atoms with van der Waals surface area (Å²) in [5.74, 6) is 2.41. The van der Waals surface area contributed by atoms with Crippen molar-refractivity contribution in [1.29, 1.82) is 0 Å². The second kappa shape index (κ2) is 11.3. The average Bonchev–Trinajstić information content (AvgIpc) is 3.68. The summed E-state index contributed by atoms with van der Waals surface area (Å²) in [6.07, 6.45) is 2.89. The fourth-order valence-electron chi connectivity index (χ4n) is 6.21. The Morgan fingerprint density at radius 1 is 1.00 bits per heavy atom. The minimum atomic E-state index is -0.545. The van der Waals surface area contributed by atoms with Gasteiger partial charge in [0.25, 0.3) is 0 Å². The lowest BCUT2D eigenvalue weighted by atomic mass is 9.90. The highest BCUT2D eigenvalue weighted by Crippen LogP contribution is 2.38. The van der Waals surface area contributed by atoms with Crippen LogP contribution >= 0.6 is 0 Å². The van der Waals surface area contributed by atoms with Gasteiger partial charge in [0.1, 0.15) is 30.8 Å². The highest BCUT2D eigenvalue weighted by Gasteiger charge is 2.33. The Balaban J connectivity index is 1.13. The second-order valence-electron chi connectivity index (χ2n) is 11.7. The third-order valence-electron chi connectivity index (χ3n) is 8.25. The summed E-state index contributed by atoms with van der Waals surface area (Å²) in [6, 6.07) is 17.2. The van der Waals surface area contributed by atoms with Gasteiger partial charge in [-0.1, -0.05) is 29.5 Å². The highest BCUT2D eigenvalue weighted by molar-refractivity contribution is 5.75. The fourth-order valence-corrected chi connectivity index (χ4v) is 6.21. The van der Waals surface area contributed by atoms with Crippen molar-refractivity contribution in [3.63, 3.8) is 0 Å². The van der Waals surface area contributed by atoms with Crippen LogP contribution in [0.25, 0.3) is 11.1 Å². The number of nitrogens with one attached hydrogen (secondary N) is 1. The van der Waals surface area contributed by atoms with Crippen LogP contribution in [0.5, 0.6) is 11.5 Å². The minimum absolute atomic E-state index is 0.0620. The molecule has 2 heterocycles. The molecule has 1 fully saturated rings. The Morgan fingerprint density at radius 2 is 1.83 bits per heavy atom. The van der Waals surface area contributed by atoms with Crippen molar-refractivity contribution in [2.75, 3.05) is 13.2 Å². The molecule has 1 N–H and O–H groups in total. The Morgan fingerprint density at radius 3 is 2.56 bits per heavy atom. The van der Waals surface area contributed by atoms with Crippen molar-refractivity contribution in [2.24, 2.45) is 0 Å². The summed E-state index contributed by atoms with van der Waals surface area (Å²) < 4.78 is 24.0. The van der Waals surface area contributed by atoms with Crippen molar-refractivity contribution in [1.82, 2.24) is 20.6 Å².